The van der Waals surface area contributed by atoms with E-state index in [1.807, 2.05) is 0 Å². The van der Waals surface area contributed by atoms with E-state index in [1.165, 1.54) is 0 Å². The normalized spacial score (nSPS) is 13.6. The number of alkyl halides is 1. The van der Waals surface area contributed by atoms with E-state index in [0.717, 1.165) is 11.8 Å². The van der Waals surface area contributed by atoms with Crippen LogP contribution in [0.4, 0.5) is 0 Å². The summed E-state index contributed by atoms with van der Waals surface area (Å²) in [4.78, 5) is 0. The minimum absolute atomic E-state index is 0.00271. The van der Waals surface area contributed by atoms with Gasteiger partial charge in [0, 0.05) is 12.4 Å². The van der Waals surface area contributed by atoms with Crippen LogP contribution in [-0.2, 0) is 4.74 Å². The van der Waals surface area contributed by atoms with Crippen LogP contribution in [0.3, 0.4) is 0 Å². The van der Waals surface area contributed by atoms with Crippen LogP contribution >= 0.6 is 15.9 Å². The zero-order chi connectivity index (χ0) is 9.12. The van der Waals surface area contributed by atoms with Gasteiger partial charge in [0.25, 0.3) is 0 Å². The van der Waals surface area contributed by atoms with Crippen LogP contribution in [0.5, 0.6) is 0 Å². The van der Waals surface area contributed by atoms with E-state index in [1.54, 1.807) is 7.11 Å². The molecule has 0 atom stereocenters. The lowest BCUT2D eigenvalue weighted by Crippen LogP contribution is -2.31. The van der Waals surface area contributed by atoms with Crippen LogP contribution in [-0.4, -0.2) is 18.0 Å². The summed E-state index contributed by atoms with van der Waals surface area (Å²) in [6.45, 7) is 8.72. The molecule has 0 aromatic heterocycles. The van der Waals surface area contributed by atoms with Crippen molar-refractivity contribution in [2.45, 2.75) is 39.7 Å². The monoisotopic (exact) mass is 222 g/mol. The van der Waals surface area contributed by atoms with Crippen LogP contribution in [0.2, 0.25) is 0 Å². The van der Waals surface area contributed by atoms with Gasteiger partial charge in [-0.1, -0.05) is 29.8 Å². The maximum Gasteiger partial charge on any atom is 0.0628 e. The van der Waals surface area contributed by atoms with E-state index in [0.29, 0.717) is 5.41 Å². The van der Waals surface area contributed by atoms with Crippen molar-refractivity contribution in [2.75, 3.05) is 12.4 Å². The molecule has 68 valence electrons. The van der Waals surface area contributed by atoms with Crippen LogP contribution < -0.4 is 0 Å². The molecule has 0 aliphatic heterocycles. The number of ether oxygens (including phenoxy) is 1. The summed E-state index contributed by atoms with van der Waals surface area (Å²) >= 11 is 3.50. The maximum absolute atomic E-state index is 5.35. The van der Waals surface area contributed by atoms with Crippen molar-refractivity contribution in [1.29, 1.82) is 0 Å². The molecule has 0 rings (SSSR count). The Morgan fingerprint density at radius 3 is 1.91 bits per heavy atom. The molecule has 0 unspecified atom stereocenters. The first kappa shape index (κ1) is 11.4. The first-order chi connectivity index (χ1) is 4.83. The zero-order valence-corrected chi connectivity index (χ0v) is 9.79. The molecule has 0 aliphatic carbocycles. The third-order valence-electron chi connectivity index (χ3n) is 1.82. The molecule has 2 heteroatoms. The van der Waals surface area contributed by atoms with Crippen LogP contribution in [0, 0.1) is 5.41 Å². The lowest BCUT2D eigenvalue weighted by atomic mass is 9.84. The molecule has 0 fully saturated rings. The van der Waals surface area contributed by atoms with Gasteiger partial charge < -0.3 is 4.74 Å². The van der Waals surface area contributed by atoms with Gasteiger partial charge in [-0.05, 0) is 25.7 Å². The Kier molecular flexibility index (Phi) is 4.06. The minimum Gasteiger partial charge on any atom is -0.379 e. The zero-order valence-electron chi connectivity index (χ0n) is 8.20. The summed E-state index contributed by atoms with van der Waals surface area (Å²) < 4.78 is 5.35. The van der Waals surface area contributed by atoms with E-state index in [4.69, 9.17) is 4.74 Å². The first-order valence-electron chi connectivity index (χ1n) is 3.94. The summed E-state index contributed by atoms with van der Waals surface area (Å²) in [5.74, 6) is 0. The molecule has 11 heavy (non-hydrogen) atoms. The molecule has 0 aromatic carbocycles. The van der Waals surface area contributed by atoms with Crippen molar-refractivity contribution in [3.8, 4) is 0 Å². The molecule has 0 saturated carbocycles. The van der Waals surface area contributed by atoms with Crippen molar-refractivity contribution in [2.24, 2.45) is 5.41 Å². The fourth-order valence-electron chi connectivity index (χ4n) is 1.27. The Bertz CT molecular complexity index is 105. The van der Waals surface area contributed by atoms with Crippen molar-refractivity contribution >= 4 is 15.9 Å². The highest BCUT2D eigenvalue weighted by Gasteiger charge is 2.27. The quantitative estimate of drug-likeness (QED) is 0.665. The van der Waals surface area contributed by atoms with Crippen molar-refractivity contribution in [3.05, 3.63) is 0 Å². The molecule has 0 amide bonds. The number of hydrogen-bond acceptors (Lipinski definition) is 1. The molecule has 0 bridgehead atoms. The van der Waals surface area contributed by atoms with Gasteiger partial charge in [0.05, 0.1) is 5.60 Å². The highest BCUT2D eigenvalue weighted by atomic mass is 79.9. The fourth-order valence-corrected chi connectivity index (χ4v) is 1.47. The summed E-state index contributed by atoms with van der Waals surface area (Å²) in [5.41, 5.74) is 0.316. The molecular weight excluding hydrogens is 204 g/mol. The fraction of sp³-hybridized carbons (Fsp3) is 1.00. The molecule has 1 nitrogen and oxygen atoms in total. The van der Waals surface area contributed by atoms with E-state index >= 15 is 0 Å². The van der Waals surface area contributed by atoms with E-state index in [9.17, 15) is 0 Å². The summed E-state index contributed by atoms with van der Waals surface area (Å²) in [6, 6.07) is 0. The summed E-state index contributed by atoms with van der Waals surface area (Å²) in [7, 11) is 1.77. The number of halogens is 1. The number of rotatable bonds is 4. The van der Waals surface area contributed by atoms with Crippen LogP contribution in [0.1, 0.15) is 34.1 Å². The lowest BCUT2D eigenvalue weighted by molar-refractivity contribution is -0.00828. The highest BCUT2D eigenvalue weighted by molar-refractivity contribution is 9.09. The minimum atomic E-state index is -0.00271. The van der Waals surface area contributed by atoms with E-state index in [2.05, 4.69) is 43.6 Å². The molecule has 0 aromatic rings. The van der Waals surface area contributed by atoms with Gasteiger partial charge in [-0.2, -0.15) is 0 Å². The second kappa shape index (κ2) is 3.90. The smallest absolute Gasteiger partial charge is 0.0628 e. The standard InChI is InChI=1S/C9H19BrO/c1-8(2,7-10)6-9(3,4)11-5/h6-7H2,1-5H3. The van der Waals surface area contributed by atoms with Gasteiger partial charge in [-0.3, -0.25) is 0 Å². The maximum atomic E-state index is 5.35. The Morgan fingerprint density at radius 2 is 1.64 bits per heavy atom. The average molecular weight is 223 g/mol. The Balaban J connectivity index is 4.02. The lowest BCUT2D eigenvalue weighted by Gasteiger charge is -2.32. The van der Waals surface area contributed by atoms with E-state index in [-0.39, 0.29) is 5.60 Å². The van der Waals surface area contributed by atoms with Gasteiger partial charge >= 0.3 is 0 Å². The Hall–Kier alpha value is 0.440. The molecule has 0 aliphatic rings. The number of methoxy groups -OCH3 is 1. The van der Waals surface area contributed by atoms with Gasteiger partial charge in [0.1, 0.15) is 0 Å². The van der Waals surface area contributed by atoms with Crippen LogP contribution in [0.15, 0.2) is 0 Å². The third kappa shape index (κ3) is 4.81. The largest absolute Gasteiger partial charge is 0.379 e. The summed E-state index contributed by atoms with van der Waals surface area (Å²) in [5, 5.41) is 1.02. The number of hydrogen-bond donors (Lipinski definition) is 0. The summed E-state index contributed by atoms with van der Waals surface area (Å²) in [6.07, 6.45) is 1.07. The molecule has 0 radical (unpaired) electrons. The van der Waals surface area contributed by atoms with Crippen molar-refractivity contribution < 1.29 is 4.74 Å². The van der Waals surface area contributed by atoms with Crippen molar-refractivity contribution in [3.63, 3.8) is 0 Å². The van der Waals surface area contributed by atoms with Gasteiger partial charge in [0.15, 0.2) is 0 Å². The first-order valence-corrected chi connectivity index (χ1v) is 5.06. The van der Waals surface area contributed by atoms with Gasteiger partial charge in [-0.15, -0.1) is 0 Å². The molecule has 0 heterocycles. The molecular formula is C9H19BrO. The van der Waals surface area contributed by atoms with Gasteiger partial charge in [-0.25, -0.2) is 0 Å². The SMILES string of the molecule is COC(C)(C)CC(C)(C)CBr. The molecule has 0 spiro atoms. The second-order valence-corrected chi connectivity index (χ2v) is 5.00. The predicted molar refractivity (Wildman–Crippen MR) is 53.3 cm³/mol. The predicted octanol–water partition coefficient (Wildman–Crippen LogP) is 3.22. The van der Waals surface area contributed by atoms with E-state index < -0.39 is 0 Å². The second-order valence-electron chi connectivity index (χ2n) is 4.44. The highest BCUT2D eigenvalue weighted by Crippen LogP contribution is 2.31. The van der Waals surface area contributed by atoms with Crippen LogP contribution in [0.25, 0.3) is 0 Å². The molecule has 0 saturated heterocycles. The van der Waals surface area contributed by atoms with Gasteiger partial charge in [0.2, 0.25) is 0 Å². The average Bonchev–Trinajstić information content (AvgIpc) is 1.86. The Morgan fingerprint density at radius 1 is 1.18 bits per heavy atom. The van der Waals surface area contributed by atoms with Crippen molar-refractivity contribution in [1.82, 2.24) is 0 Å². The third-order valence-corrected chi connectivity index (χ3v) is 3.34. The molecule has 0 N–H and O–H groups in total. The Labute approximate surface area is 78.6 Å². The topological polar surface area (TPSA) is 9.23 Å².